The lowest BCUT2D eigenvalue weighted by Crippen LogP contribution is -2.05. The molecule has 0 aliphatic heterocycles. The molecule has 0 aliphatic carbocycles. The van der Waals surface area contributed by atoms with Gasteiger partial charge in [0.1, 0.15) is 0 Å². The van der Waals surface area contributed by atoms with Gasteiger partial charge in [0, 0.05) is 17.3 Å². The Morgan fingerprint density at radius 3 is 2.62 bits per heavy atom. The van der Waals surface area contributed by atoms with Crippen molar-refractivity contribution in [1.82, 2.24) is 15.0 Å². The van der Waals surface area contributed by atoms with Gasteiger partial charge < -0.3 is 4.98 Å². The molecule has 0 spiro atoms. The summed E-state index contributed by atoms with van der Waals surface area (Å²) in [4.78, 5) is 23.3. The smallest absolute Gasteiger partial charge is 0.258 e. The van der Waals surface area contributed by atoms with Crippen LogP contribution in [0.2, 0.25) is 0 Å². The average molecular weight is 313 g/mol. The molecule has 0 aliphatic rings. The molecule has 24 heavy (non-hydrogen) atoms. The molecule has 0 radical (unpaired) electrons. The van der Waals surface area contributed by atoms with Crippen LogP contribution in [0.1, 0.15) is 5.56 Å². The lowest BCUT2D eigenvalue weighted by Gasteiger charge is -2.11. The van der Waals surface area contributed by atoms with E-state index in [4.69, 9.17) is 0 Å². The van der Waals surface area contributed by atoms with Crippen molar-refractivity contribution in [1.29, 1.82) is 0 Å². The number of rotatable bonds is 2. The minimum atomic E-state index is -0.128. The second-order valence-corrected chi connectivity index (χ2v) is 5.68. The Hall–Kier alpha value is -3.27. The van der Waals surface area contributed by atoms with E-state index in [1.54, 1.807) is 6.20 Å². The van der Waals surface area contributed by atoms with E-state index in [9.17, 15) is 4.79 Å². The van der Waals surface area contributed by atoms with E-state index in [2.05, 4.69) is 34.0 Å². The third-order valence-electron chi connectivity index (χ3n) is 4.16. The van der Waals surface area contributed by atoms with Crippen molar-refractivity contribution in [3.05, 3.63) is 83.0 Å². The zero-order chi connectivity index (χ0) is 16.5. The molecule has 2 aromatic carbocycles. The summed E-state index contributed by atoms with van der Waals surface area (Å²) in [5.74, 6) is 0. The molecule has 0 fully saturated rings. The summed E-state index contributed by atoms with van der Waals surface area (Å²) in [7, 11) is 0. The number of hydrogen-bond donors (Lipinski definition) is 1. The maximum Gasteiger partial charge on any atom is 0.258 e. The van der Waals surface area contributed by atoms with E-state index < -0.39 is 0 Å². The molecule has 1 N–H and O–H groups in total. The minimum absolute atomic E-state index is 0.128. The molecule has 2 heterocycles. The van der Waals surface area contributed by atoms with Crippen LogP contribution in [-0.4, -0.2) is 15.0 Å². The molecule has 4 rings (SSSR count). The van der Waals surface area contributed by atoms with E-state index in [0.29, 0.717) is 10.9 Å². The fourth-order valence-electron chi connectivity index (χ4n) is 2.93. The van der Waals surface area contributed by atoms with Crippen LogP contribution >= 0.6 is 0 Å². The van der Waals surface area contributed by atoms with Crippen LogP contribution in [0.15, 0.2) is 71.9 Å². The molecule has 0 bridgehead atoms. The number of H-pyrrole nitrogens is 1. The molecule has 0 atom stereocenters. The zero-order valence-corrected chi connectivity index (χ0v) is 13.2. The third-order valence-corrected chi connectivity index (χ3v) is 4.16. The predicted molar refractivity (Wildman–Crippen MR) is 95.8 cm³/mol. The summed E-state index contributed by atoms with van der Waals surface area (Å²) in [6.07, 6.45) is 3.23. The monoisotopic (exact) mass is 313 g/mol. The average Bonchev–Trinajstić information content (AvgIpc) is 2.62. The number of aryl methyl sites for hydroxylation is 1. The quantitative estimate of drug-likeness (QED) is 0.609. The molecule has 4 nitrogen and oxygen atoms in total. The maximum atomic E-state index is 11.9. The van der Waals surface area contributed by atoms with E-state index in [1.165, 1.54) is 11.9 Å². The van der Waals surface area contributed by atoms with Crippen molar-refractivity contribution in [2.45, 2.75) is 6.92 Å². The Labute approximate surface area is 138 Å². The lowest BCUT2D eigenvalue weighted by molar-refractivity contribution is 1.17. The highest BCUT2D eigenvalue weighted by Crippen LogP contribution is 2.32. The fraction of sp³-hybridized carbons (Fsp3) is 0.0500. The summed E-state index contributed by atoms with van der Waals surface area (Å²) >= 11 is 0. The van der Waals surface area contributed by atoms with Gasteiger partial charge in [-0.25, -0.2) is 4.98 Å². The molecule has 116 valence electrons. The Morgan fingerprint density at radius 2 is 1.75 bits per heavy atom. The second-order valence-electron chi connectivity index (χ2n) is 5.68. The number of benzene rings is 2. The van der Waals surface area contributed by atoms with E-state index in [-0.39, 0.29) is 5.56 Å². The molecule has 0 unspecified atom stereocenters. The van der Waals surface area contributed by atoms with Crippen LogP contribution in [0.3, 0.4) is 0 Å². The van der Waals surface area contributed by atoms with Gasteiger partial charge in [0.15, 0.2) is 0 Å². The van der Waals surface area contributed by atoms with Crippen LogP contribution in [-0.2, 0) is 0 Å². The molecule has 0 amide bonds. The van der Waals surface area contributed by atoms with E-state index >= 15 is 0 Å². The number of aromatic nitrogens is 3. The molecule has 0 saturated carbocycles. The summed E-state index contributed by atoms with van der Waals surface area (Å²) in [5.41, 5.74) is 5.77. The first kappa shape index (κ1) is 14.3. The first-order chi connectivity index (χ1) is 11.7. The number of pyridine rings is 1. The summed E-state index contributed by atoms with van der Waals surface area (Å²) in [5, 5.41) is 0.586. The van der Waals surface area contributed by atoms with Gasteiger partial charge in [-0.15, -0.1) is 0 Å². The van der Waals surface area contributed by atoms with Crippen LogP contribution in [0.25, 0.3) is 33.3 Å². The minimum Gasteiger partial charge on any atom is -0.313 e. The molecular formula is C20H15N3O. The Morgan fingerprint density at radius 1 is 0.917 bits per heavy atom. The van der Waals surface area contributed by atoms with Crippen molar-refractivity contribution in [2.24, 2.45) is 0 Å². The standard InChI is InChI=1S/C20H15N3O/c1-13-5-2-3-6-15(13)19-16(7-4-10-21-19)14-8-9-17-18(11-14)22-12-23-20(17)24/h2-12H,1H3,(H,22,23,24). The zero-order valence-electron chi connectivity index (χ0n) is 13.2. The lowest BCUT2D eigenvalue weighted by atomic mass is 9.96. The molecular weight excluding hydrogens is 298 g/mol. The highest BCUT2D eigenvalue weighted by atomic mass is 16.1. The topological polar surface area (TPSA) is 58.6 Å². The Balaban J connectivity index is 1.95. The molecule has 4 aromatic rings. The van der Waals surface area contributed by atoms with Gasteiger partial charge in [0.2, 0.25) is 0 Å². The number of nitrogens with zero attached hydrogens (tertiary/aromatic N) is 2. The van der Waals surface area contributed by atoms with E-state index in [0.717, 1.165) is 22.4 Å². The van der Waals surface area contributed by atoms with Crippen molar-refractivity contribution < 1.29 is 0 Å². The van der Waals surface area contributed by atoms with Crippen LogP contribution in [0, 0.1) is 6.92 Å². The number of aromatic amines is 1. The van der Waals surface area contributed by atoms with Crippen molar-refractivity contribution in [3.63, 3.8) is 0 Å². The normalized spacial score (nSPS) is 10.9. The largest absolute Gasteiger partial charge is 0.313 e. The Kier molecular flexibility index (Phi) is 3.43. The maximum absolute atomic E-state index is 11.9. The highest BCUT2D eigenvalue weighted by Gasteiger charge is 2.11. The van der Waals surface area contributed by atoms with Gasteiger partial charge in [-0.2, -0.15) is 0 Å². The van der Waals surface area contributed by atoms with Gasteiger partial charge >= 0.3 is 0 Å². The van der Waals surface area contributed by atoms with Gasteiger partial charge in [0.25, 0.3) is 5.56 Å². The van der Waals surface area contributed by atoms with Gasteiger partial charge in [0.05, 0.1) is 22.9 Å². The fourth-order valence-corrected chi connectivity index (χ4v) is 2.93. The van der Waals surface area contributed by atoms with Gasteiger partial charge in [-0.05, 0) is 36.2 Å². The second kappa shape index (κ2) is 5.74. The molecule has 2 aromatic heterocycles. The van der Waals surface area contributed by atoms with Gasteiger partial charge in [-0.3, -0.25) is 9.78 Å². The summed E-state index contributed by atoms with van der Waals surface area (Å²) in [6, 6.07) is 17.8. The first-order valence-electron chi connectivity index (χ1n) is 7.73. The SMILES string of the molecule is Cc1ccccc1-c1ncccc1-c1ccc2c(=O)[nH]cnc2c1. The number of nitrogens with one attached hydrogen (secondary N) is 1. The van der Waals surface area contributed by atoms with Crippen LogP contribution in [0.5, 0.6) is 0 Å². The summed E-state index contributed by atoms with van der Waals surface area (Å²) < 4.78 is 0. The van der Waals surface area contributed by atoms with Gasteiger partial charge in [-0.1, -0.05) is 36.4 Å². The van der Waals surface area contributed by atoms with E-state index in [1.807, 2.05) is 42.5 Å². The van der Waals surface area contributed by atoms with Crippen molar-refractivity contribution in [2.75, 3.05) is 0 Å². The summed E-state index contributed by atoms with van der Waals surface area (Å²) in [6.45, 7) is 2.08. The van der Waals surface area contributed by atoms with Crippen molar-refractivity contribution in [3.8, 4) is 22.4 Å². The third kappa shape index (κ3) is 2.38. The van der Waals surface area contributed by atoms with Crippen molar-refractivity contribution >= 4 is 10.9 Å². The van der Waals surface area contributed by atoms with Crippen LogP contribution < -0.4 is 5.56 Å². The number of fused-ring (bicyclic) bond motifs is 1. The Bertz CT molecular complexity index is 1100. The number of hydrogen-bond acceptors (Lipinski definition) is 3. The van der Waals surface area contributed by atoms with Crippen LogP contribution in [0.4, 0.5) is 0 Å². The highest BCUT2D eigenvalue weighted by molar-refractivity contribution is 5.88. The molecule has 4 heteroatoms. The first-order valence-corrected chi connectivity index (χ1v) is 7.73. The molecule has 0 saturated heterocycles. The predicted octanol–water partition coefficient (Wildman–Crippen LogP) is 3.96.